The lowest BCUT2D eigenvalue weighted by molar-refractivity contribution is -0.118. The molecule has 4 rings (SSSR count). The molecular weight excluding hydrogens is 364 g/mol. The zero-order chi connectivity index (χ0) is 20.4. The fourth-order valence-electron chi connectivity index (χ4n) is 3.53. The number of carbonyl (C=O) groups is 2. The molecule has 6 heteroatoms. The number of ketones is 1. The van der Waals surface area contributed by atoms with Crippen LogP contribution in [0.2, 0.25) is 0 Å². The molecule has 148 valence electrons. The Balaban J connectivity index is 1.77. The first-order valence-electron chi connectivity index (χ1n) is 9.90. The maximum Gasteiger partial charge on any atom is 0.228 e. The summed E-state index contributed by atoms with van der Waals surface area (Å²) >= 11 is 0. The van der Waals surface area contributed by atoms with Gasteiger partial charge in [-0.1, -0.05) is 32.0 Å². The lowest BCUT2D eigenvalue weighted by Gasteiger charge is -2.14. The minimum absolute atomic E-state index is 0.0850. The van der Waals surface area contributed by atoms with Crippen LogP contribution in [0.25, 0.3) is 11.3 Å². The number of nitrogens with one attached hydrogen (secondary N) is 3. The van der Waals surface area contributed by atoms with E-state index in [-0.39, 0.29) is 17.6 Å². The van der Waals surface area contributed by atoms with E-state index in [1.807, 2.05) is 56.3 Å². The van der Waals surface area contributed by atoms with Crippen molar-refractivity contribution in [2.24, 2.45) is 5.92 Å². The Bertz CT molecular complexity index is 1050. The summed E-state index contributed by atoms with van der Waals surface area (Å²) in [6.07, 6.45) is 3.91. The maximum atomic E-state index is 12.7. The molecule has 3 aromatic rings. The third kappa shape index (κ3) is 3.92. The van der Waals surface area contributed by atoms with E-state index in [1.165, 1.54) is 0 Å². The fraction of sp³-hybridized carbons (Fsp3) is 0.261. The van der Waals surface area contributed by atoms with Gasteiger partial charge in [-0.3, -0.25) is 9.59 Å². The number of nitrogens with zero attached hydrogens (tertiary/aromatic N) is 1. The second-order valence-electron chi connectivity index (χ2n) is 7.57. The first kappa shape index (κ1) is 18.9. The molecule has 1 aromatic carbocycles. The third-order valence-corrected chi connectivity index (χ3v) is 5.05. The Morgan fingerprint density at radius 3 is 2.69 bits per heavy atom. The van der Waals surface area contributed by atoms with Crippen LogP contribution < -0.4 is 10.6 Å². The zero-order valence-corrected chi connectivity index (χ0v) is 16.6. The van der Waals surface area contributed by atoms with Crippen molar-refractivity contribution in [3.05, 3.63) is 59.9 Å². The van der Waals surface area contributed by atoms with Crippen LogP contribution in [-0.2, 0) is 11.2 Å². The minimum Gasteiger partial charge on any atom is -0.356 e. The number of para-hydroxylation sites is 1. The molecule has 0 saturated carbocycles. The predicted octanol–water partition coefficient (Wildman–Crippen LogP) is 4.93. The number of hydrogen-bond acceptors (Lipinski definition) is 4. The number of aromatic nitrogens is 2. The molecule has 0 saturated heterocycles. The largest absolute Gasteiger partial charge is 0.356 e. The van der Waals surface area contributed by atoms with Crippen molar-refractivity contribution in [1.29, 1.82) is 0 Å². The number of pyridine rings is 1. The van der Waals surface area contributed by atoms with E-state index < -0.39 is 0 Å². The number of H-pyrrole nitrogens is 1. The number of hydrogen-bond donors (Lipinski definition) is 3. The summed E-state index contributed by atoms with van der Waals surface area (Å²) in [6.45, 7) is 3.68. The summed E-state index contributed by atoms with van der Waals surface area (Å²) < 4.78 is 0. The van der Waals surface area contributed by atoms with Gasteiger partial charge in [0.05, 0.1) is 16.9 Å². The van der Waals surface area contributed by atoms with Crippen molar-refractivity contribution in [1.82, 2.24) is 9.97 Å². The van der Waals surface area contributed by atoms with Gasteiger partial charge in [-0.05, 0) is 37.1 Å². The second kappa shape index (κ2) is 7.91. The van der Waals surface area contributed by atoms with Crippen LogP contribution in [0.15, 0.2) is 48.7 Å². The SMILES string of the molecule is CC(C)C(=O)Nc1cc(-c2[nH]c3c(c2Nc2ccccc2)C(=O)CCC3)ccn1. The average Bonchev–Trinajstić information content (AvgIpc) is 3.08. The Morgan fingerprint density at radius 1 is 1.14 bits per heavy atom. The van der Waals surface area contributed by atoms with Gasteiger partial charge in [-0.15, -0.1) is 0 Å². The van der Waals surface area contributed by atoms with Gasteiger partial charge in [0.2, 0.25) is 5.91 Å². The number of fused-ring (bicyclic) bond motifs is 1. The fourth-order valence-corrected chi connectivity index (χ4v) is 3.53. The maximum absolute atomic E-state index is 12.7. The van der Waals surface area contributed by atoms with Gasteiger partial charge in [0, 0.05) is 35.5 Å². The number of rotatable bonds is 5. The van der Waals surface area contributed by atoms with Gasteiger partial charge < -0.3 is 15.6 Å². The van der Waals surface area contributed by atoms with Gasteiger partial charge in [-0.25, -0.2) is 4.98 Å². The van der Waals surface area contributed by atoms with Gasteiger partial charge in [0.1, 0.15) is 5.82 Å². The highest BCUT2D eigenvalue weighted by atomic mass is 16.2. The van der Waals surface area contributed by atoms with Crippen LogP contribution in [0.3, 0.4) is 0 Å². The summed E-state index contributed by atoms with van der Waals surface area (Å²) in [7, 11) is 0. The summed E-state index contributed by atoms with van der Waals surface area (Å²) in [5, 5.41) is 6.27. The van der Waals surface area contributed by atoms with E-state index in [1.54, 1.807) is 6.20 Å². The lowest BCUT2D eigenvalue weighted by Crippen LogP contribution is -2.18. The minimum atomic E-state index is -0.133. The van der Waals surface area contributed by atoms with Crippen molar-refractivity contribution >= 4 is 28.9 Å². The Labute approximate surface area is 169 Å². The predicted molar refractivity (Wildman–Crippen MR) is 114 cm³/mol. The molecule has 0 aliphatic heterocycles. The van der Waals surface area contributed by atoms with E-state index in [2.05, 4.69) is 20.6 Å². The van der Waals surface area contributed by atoms with E-state index >= 15 is 0 Å². The smallest absolute Gasteiger partial charge is 0.228 e. The van der Waals surface area contributed by atoms with Crippen LogP contribution in [0, 0.1) is 5.92 Å². The second-order valence-corrected chi connectivity index (χ2v) is 7.57. The zero-order valence-electron chi connectivity index (χ0n) is 16.6. The van der Waals surface area contributed by atoms with Gasteiger partial charge in [-0.2, -0.15) is 0 Å². The molecule has 29 heavy (non-hydrogen) atoms. The molecule has 1 amide bonds. The molecule has 0 fully saturated rings. The highest BCUT2D eigenvalue weighted by Crippen LogP contribution is 2.39. The molecule has 0 bridgehead atoms. The molecule has 3 N–H and O–H groups in total. The summed E-state index contributed by atoms with van der Waals surface area (Å²) in [4.78, 5) is 32.5. The number of benzene rings is 1. The van der Waals surface area contributed by atoms with Gasteiger partial charge >= 0.3 is 0 Å². The van der Waals surface area contributed by atoms with Crippen LogP contribution >= 0.6 is 0 Å². The standard InChI is InChI=1S/C23H24N4O2/c1-14(2)23(29)27-19-13-15(11-12-24-19)21-22(25-16-7-4-3-5-8-16)20-17(26-21)9-6-10-18(20)28/h3-5,7-8,11-14,25-26H,6,9-10H2,1-2H3,(H,24,27,29). The number of Topliss-reactive ketones (excluding diaryl/α,β-unsaturated/α-hetero) is 1. The summed E-state index contributed by atoms with van der Waals surface area (Å²) in [6, 6.07) is 13.5. The van der Waals surface area contributed by atoms with Crippen LogP contribution in [0.5, 0.6) is 0 Å². The average molecular weight is 388 g/mol. The Kier molecular flexibility index (Phi) is 5.16. The van der Waals surface area contributed by atoms with Crippen molar-refractivity contribution in [3.8, 4) is 11.3 Å². The van der Waals surface area contributed by atoms with Crippen molar-refractivity contribution in [3.63, 3.8) is 0 Å². The molecule has 0 unspecified atom stereocenters. The van der Waals surface area contributed by atoms with E-state index in [4.69, 9.17) is 0 Å². The monoisotopic (exact) mass is 388 g/mol. The van der Waals surface area contributed by atoms with E-state index in [9.17, 15) is 9.59 Å². The highest BCUT2D eigenvalue weighted by Gasteiger charge is 2.27. The van der Waals surface area contributed by atoms with Crippen LogP contribution in [0.4, 0.5) is 17.2 Å². The van der Waals surface area contributed by atoms with Crippen molar-refractivity contribution in [2.75, 3.05) is 10.6 Å². The van der Waals surface area contributed by atoms with Gasteiger partial charge in [0.15, 0.2) is 5.78 Å². The number of aryl methyl sites for hydroxylation is 1. The molecular formula is C23H24N4O2. The molecule has 0 radical (unpaired) electrons. The molecule has 1 aliphatic rings. The van der Waals surface area contributed by atoms with E-state index in [0.717, 1.165) is 46.7 Å². The van der Waals surface area contributed by atoms with Crippen LogP contribution in [-0.4, -0.2) is 21.7 Å². The Morgan fingerprint density at radius 2 is 1.93 bits per heavy atom. The van der Waals surface area contributed by atoms with Crippen molar-refractivity contribution < 1.29 is 9.59 Å². The van der Waals surface area contributed by atoms with Gasteiger partial charge in [0.25, 0.3) is 0 Å². The summed E-state index contributed by atoms with van der Waals surface area (Å²) in [5.41, 5.74) is 5.08. The number of carbonyl (C=O) groups excluding carboxylic acids is 2. The van der Waals surface area contributed by atoms with Crippen LogP contribution in [0.1, 0.15) is 42.7 Å². The normalized spacial score (nSPS) is 13.3. The topological polar surface area (TPSA) is 86.9 Å². The quantitative estimate of drug-likeness (QED) is 0.578. The number of amides is 1. The molecule has 2 heterocycles. The molecule has 1 aliphatic carbocycles. The molecule has 2 aromatic heterocycles. The lowest BCUT2D eigenvalue weighted by atomic mass is 9.95. The molecule has 0 atom stereocenters. The first-order chi connectivity index (χ1) is 14.0. The first-order valence-corrected chi connectivity index (χ1v) is 9.90. The van der Waals surface area contributed by atoms with E-state index in [0.29, 0.717) is 12.2 Å². The summed E-state index contributed by atoms with van der Waals surface area (Å²) in [5.74, 6) is 0.421. The highest BCUT2D eigenvalue weighted by molar-refractivity contribution is 6.07. The molecule has 0 spiro atoms. The molecule has 6 nitrogen and oxygen atoms in total. The number of aromatic amines is 1. The number of anilines is 3. The Hall–Kier alpha value is -3.41. The third-order valence-electron chi connectivity index (χ3n) is 5.05. The van der Waals surface area contributed by atoms with Crippen molar-refractivity contribution in [2.45, 2.75) is 33.1 Å².